The second kappa shape index (κ2) is 7.63. The Morgan fingerprint density at radius 2 is 1.82 bits per heavy atom. The molecule has 0 aliphatic heterocycles. The summed E-state index contributed by atoms with van der Waals surface area (Å²) in [4.78, 5) is 14.0. The van der Waals surface area contributed by atoms with Gasteiger partial charge in [-0.3, -0.25) is 4.79 Å². The normalized spacial score (nSPS) is 16.9. The van der Waals surface area contributed by atoms with Gasteiger partial charge in [0.25, 0.3) is 0 Å². The van der Waals surface area contributed by atoms with Gasteiger partial charge in [-0.05, 0) is 19.8 Å². The average Bonchev–Trinajstić information content (AvgIpc) is 3.12. The highest BCUT2D eigenvalue weighted by Gasteiger charge is 2.27. The zero-order valence-electron chi connectivity index (χ0n) is 11.1. The van der Waals surface area contributed by atoms with Crippen LogP contribution in [-0.2, 0) is 14.3 Å². The third kappa shape index (κ3) is 5.48. The number of carbonyl (C=O) groups excluding carboxylic acids is 1. The molecule has 0 spiro atoms. The average molecular weight is 244 g/mol. The fourth-order valence-electron chi connectivity index (χ4n) is 1.68. The standard InChI is InChI=1S/C12H24N2O3/c1-10(13-11-4-5-11)12(15)14(6-8-16-2)7-9-17-3/h10-11,13H,4-9H2,1-3H3. The van der Waals surface area contributed by atoms with E-state index in [1.165, 1.54) is 12.8 Å². The molecule has 1 fully saturated rings. The van der Waals surface area contributed by atoms with Crippen molar-refractivity contribution in [2.75, 3.05) is 40.5 Å². The van der Waals surface area contributed by atoms with Crippen LogP contribution in [0.15, 0.2) is 0 Å². The summed E-state index contributed by atoms with van der Waals surface area (Å²) in [6, 6.07) is 0.428. The molecule has 1 N–H and O–H groups in total. The molecular formula is C12H24N2O3. The Hall–Kier alpha value is -0.650. The highest BCUT2D eigenvalue weighted by atomic mass is 16.5. The van der Waals surface area contributed by atoms with Gasteiger partial charge in [0.1, 0.15) is 0 Å². The summed E-state index contributed by atoms with van der Waals surface area (Å²) in [7, 11) is 3.29. The van der Waals surface area contributed by atoms with Crippen LogP contribution in [0, 0.1) is 0 Å². The molecule has 1 aliphatic rings. The fraction of sp³-hybridized carbons (Fsp3) is 0.917. The molecule has 5 heteroatoms. The van der Waals surface area contributed by atoms with Gasteiger partial charge in [0.2, 0.25) is 5.91 Å². The number of amides is 1. The van der Waals surface area contributed by atoms with E-state index in [1.807, 2.05) is 6.92 Å². The number of hydrogen-bond donors (Lipinski definition) is 1. The van der Waals surface area contributed by atoms with E-state index in [0.717, 1.165) is 0 Å². The van der Waals surface area contributed by atoms with Crippen molar-refractivity contribution < 1.29 is 14.3 Å². The topological polar surface area (TPSA) is 50.8 Å². The summed E-state index contributed by atoms with van der Waals surface area (Å²) in [5, 5.41) is 3.31. The molecule has 100 valence electrons. The van der Waals surface area contributed by atoms with Crippen molar-refractivity contribution in [3.8, 4) is 0 Å². The lowest BCUT2D eigenvalue weighted by Gasteiger charge is -2.25. The highest BCUT2D eigenvalue weighted by molar-refractivity contribution is 5.81. The van der Waals surface area contributed by atoms with Crippen LogP contribution in [-0.4, -0.2) is 63.4 Å². The molecule has 1 amide bonds. The number of nitrogens with zero attached hydrogens (tertiary/aromatic N) is 1. The first-order valence-electron chi connectivity index (χ1n) is 6.21. The van der Waals surface area contributed by atoms with Crippen molar-refractivity contribution in [3.63, 3.8) is 0 Å². The molecular weight excluding hydrogens is 220 g/mol. The molecule has 0 radical (unpaired) electrons. The Labute approximate surface area is 103 Å². The fourth-order valence-corrected chi connectivity index (χ4v) is 1.68. The Bertz CT molecular complexity index is 224. The number of hydrogen-bond acceptors (Lipinski definition) is 4. The minimum Gasteiger partial charge on any atom is -0.383 e. The van der Waals surface area contributed by atoms with Gasteiger partial charge < -0.3 is 19.7 Å². The molecule has 0 aromatic carbocycles. The smallest absolute Gasteiger partial charge is 0.239 e. The van der Waals surface area contributed by atoms with E-state index in [0.29, 0.717) is 32.3 Å². The number of rotatable bonds is 9. The molecule has 1 aliphatic carbocycles. The summed E-state index contributed by atoms with van der Waals surface area (Å²) < 4.78 is 10.0. The van der Waals surface area contributed by atoms with Crippen molar-refractivity contribution in [1.29, 1.82) is 0 Å². The first-order chi connectivity index (χ1) is 8.19. The lowest BCUT2D eigenvalue weighted by molar-refractivity contribution is -0.134. The maximum absolute atomic E-state index is 12.2. The SMILES string of the molecule is COCCN(CCOC)C(=O)C(C)NC1CC1. The van der Waals surface area contributed by atoms with Crippen LogP contribution in [0.4, 0.5) is 0 Å². The number of ether oxygens (including phenoxy) is 2. The van der Waals surface area contributed by atoms with Gasteiger partial charge in [-0.2, -0.15) is 0 Å². The van der Waals surface area contributed by atoms with Gasteiger partial charge in [0, 0.05) is 33.4 Å². The van der Waals surface area contributed by atoms with E-state index in [2.05, 4.69) is 5.32 Å². The summed E-state index contributed by atoms with van der Waals surface area (Å²) in [5.74, 6) is 0.131. The number of methoxy groups -OCH3 is 2. The maximum atomic E-state index is 12.2. The van der Waals surface area contributed by atoms with Crippen molar-refractivity contribution in [2.45, 2.75) is 31.8 Å². The molecule has 17 heavy (non-hydrogen) atoms. The van der Waals surface area contributed by atoms with Crippen LogP contribution >= 0.6 is 0 Å². The van der Waals surface area contributed by atoms with Crippen LogP contribution in [0.2, 0.25) is 0 Å². The number of nitrogens with one attached hydrogen (secondary N) is 1. The maximum Gasteiger partial charge on any atom is 0.239 e. The monoisotopic (exact) mass is 244 g/mol. The van der Waals surface area contributed by atoms with Gasteiger partial charge in [0.15, 0.2) is 0 Å². The van der Waals surface area contributed by atoms with Crippen LogP contribution in [0.1, 0.15) is 19.8 Å². The molecule has 0 saturated heterocycles. The second-order valence-electron chi connectivity index (χ2n) is 4.47. The highest BCUT2D eigenvalue weighted by Crippen LogP contribution is 2.19. The molecule has 1 saturated carbocycles. The van der Waals surface area contributed by atoms with Crippen molar-refractivity contribution >= 4 is 5.91 Å². The molecule has 0 bridgehead atoms. The molecule has 0 aromatic heterocycles. The van der Waals surface area contributed by atoms with Gasteiger partial charge >= 0.3 is 0 Å². The van der Waals surface area contributed by atoms with E-state index in [4.69, 9.17) is 9.47 Å². The van der Waals surface area contributed by atoms with Crippen molar-refractivity contribution in [2.24, 2.45) is 0 Å². The van der Waals surface area contributed by atoms with Crippen LogP contribution in [0.3, 0.4) is 0 Å². The zero-order chi connectivity index (χ0) is 12.7. The first kappa shape index (κ1) is 14.4. The van der Waals surface area contributed by atoms with Gasteiger partial charge in [-0.25, -0.2) is 0 Å². The predicted molar refractivity (Wildman–Crippen MR) is 66.0 cm³/mol. The van der Waals surface area contributed by atoms with Crippen LogP contribution < -0.4 is 5.32 Å². The molecule has 0 aromatic rings. The predicted octanol–water partition coefficient (Wildman–Crippen LogP) is 0.248. The van der Waals surface area contributed by atoms with Gasteiger partial charge in [-0.1, -0.05) is 0 Å². The van der Waals surface area contributed by atoms with E-state index >= 15 is 0 Å². The lowest BCUT2D eigenvalue weighted by atomic mass is 10.2. The second-order valence-corrected chi connectivity index (χ2v) is 4.47. The molecule has 0 heterocycles. The first-order valence-corrected chi connectivity index (χ1v) is 6.21. The van der Waals surface area contributed by atoms with Gasteiger partial charge in [0.05, 0.1) is 19.3 Å². The van der Waals surface area contributed by atoms with E-state index in [-0.39, 0.29) is 11.9 Å². The summed E-state index contributed by atoms with van der Waals surface area (Å²) >= 11 is 0. The number of carbonyl (C=O) groups is 1. The zero-order valence-corrected chi connectivity index (χ0v) is 11.1. The largest absolute Gasteiger partial charge is 0.383 e. The quantitative estimate of drug-likeness (QED) is 0.631. The molecule has 1 unspecified atom stereocenters. The molecule has 5 nitrogen and oxygen atoms in total. The van der Waals surface area contributed by atoms with E-state index < -0.39 is 0 Å². The minimum absolute atomic E-state index is 0.115. The van der Waals surface area contributed by atoms with Crippen LogP contribution in [0.5, 0.6) is 0 Å². The molecule has 1 atom stereocenters. The Balaban J connectivity index is 2.37. The molecule has 1 rings (SSSR count). The van der Waals surface area contributed by atoms with E-state index in [9.17, 15) is 4.79 Å². The van der Waals surface area contributed by atoms with Crippen molar-refractivity contribution in [3.05, 3.63) is 0 Å². The Kier molecular flexibility index (Phi) is 6.47. The summed E-state index contributed by atoms with van der Waals surface area (Å²) in [6.45, 7) is 4.29. The Morgan fingerprint density at radius 1 is 1.29 bits per heavy atom. The van der Waals surface area contributed by atoms with Crippen LogP contribution in [0.25, 0.3) is 0 Å². The summed E-state index contributed by atoms with van der Waals surface area (Å²) in [5.41, 5.74) is 0. The third-order valence-corrected chi connectivity index (χ3v) is 2.88. The van der Waals surface area contributed by atoms with E-state index in [1.54, 1.807) is 19.1 Å². The Morgan fingerprint density at radius 3 is 2.24 bits per heavy atom. The third-order valence-electron chi connectivity index (χ3n) is 2.88. The van der Waals surface area contributed by atoms with Crippen molar-refractivity contribution in [1.82, 2.24) is 10.2 Å². The van der Waals surface area contributed by atoms with Gasteiger partial charge in [-0.15, -0.1) is 0 Å². The summed E-state index contributed by atoms with van der Waals surface area (Å²) in [6.07, 6.45) is 2.38. The minimum atomic E-state index is -0.115. The lowest BCUT2D eigenvalue weighted by Crippen LogP contribution is -2.47.